The molecule has 2 fully saturated rings. The van der Waals surface area contributed by atoms with Crippen molar-refractivity contribution in [2.45, 2.75) is 45.4 Å². The molecule has 0 unspecified atom stereocenters. The Kier molecular flexibility index (Phi) is 4.61. The SMILES string of the molecule is CCC(=O)N1CCC[C@H](C(=O)N2CCCCC2)C1. The molecule has 0 aromatic carbocycles. The smallest absolute Gasteiger partial charge is 0.227 e. The van der Waals surface area contributed by atoms with Crippen molar-refractivity contribution in [1.82, 2.24) is 9.80 Å². The van der Waals surface area contributed by atoms with Gasteiger partial charge in [0.05, 0.1) is 5.92 Å². The van der Waals surface area contributed by atoms with Crippen LogP contribution in [-0.4, -0.2) is 47.8 Å². The largest absolute Gasteiger partial charge is 0.342 e. The van der Waals surface area contributed by atoms with Gasteiger partial charge in [0, 0.05) is 32.6 Å². The number of rotatable bonds is 2. The maximum atomic E-state index is 12.4. The molecule has 0 bridgehead atoms. The third-order valence-corrected chi connectivity index (χ3v) is 4.09. The first kappa shape index (κ1) is 13.4. The maximum Gasteiger partial charge on any atom is 0.227 e. The molecule has 0 saturated carbocycles. The van der Waals surface area contributed by atoms with E-state index in [0.29, 0.717) is 13.0 Å². The highest BCUT2D eigenvalue weighted by Gasteiger charge is 2.31. The quantitative estimate of drug-likeness (QED) is 0.749. The van der Waals surface area contributed by atoms with Gasteiger partial charge in [-0.1, -0.05) is 6.92 Å². The van der Waals surface area contributed by atoms with Crippen LogP contribution in [0, 0.1) is 5.92 Å². The highest BCUT2D eigenvalue weighted by molar-refractivity contribution is 5.81. The average Bonchev–Trinajstić information content (AvgIpc) is 2.46. The minimum absolute atomic E-state index is 0.0485. The number of carbonyl (C=O) groups excluding carboxylic acids is 2. The Morgan fingerprint density at radius 2 is 1.67 bits per heavy atom. The Morgan fingerprint density at radius 1 is 1.00 bits per heavy atom. The van der Waals surface area contributed by atoms with Crippen LogP contribution in [0.4, 0.5) is 0 Å². The molecule has 2 rings (SSSR count). The van der Waals surface area contributed by atoms with Gasteiger partial charge in [0.15, 0.2) is 0 Å². The molecule has 2 aliphatic heterocycles. The van der Waals surface area contributed by atoms with Crippen molar-refractivity contribution < 1.29 is 9.59 Å². The highest BCUT2D eigenvalue weighted by Crippen LogP contribution is 2.21. The van der Waals surface area contributed by atoms with Gasteiger partial charge in [-0.2, -0.15) is 0 Å². The molecule has 4 heteroatoms. The third kappa shape index (κ3) is 3.03. The summed E-state index contributed by atoms with van der Waals surface area (Å²) in [5.74, 6) is 0.516. The van der Waals surface area contributed by atoms with Crippen LogP contribution in [0.5, 0.6) is 0 Å². The fraction of sp³-hybridized carbons (Fsp3) is 0.857. The van der Waals surface area contributed by atoms with Crippen LogP contribution in [-0.2, 0) is 9.59 Å². The summed E-state index contributed by atoms with van der Waals surface area (Å²) in [6.07, 6.45) is 5.98. The van der Waals surface area contributed by atoms with Crippen molar-refractivity contribution >= 4 is 11.8 Å². The molecule has 2 amide bonds. The van der Waals surface area contributed by atoms with Crippen LogP contribution in [0.3, 0.4) is 0 Å². The van der Waals surface area contributed by atoms with Crippen molar-refractivity contribution in [2.24, 2.45) is 5.92 Å². The molecule has 0 radical (unpaired) electrons. The molecular weight excluding hydrogens is 228 g/mol. The minimum atomic E-state index is 0.0485. The number of nitrogens with zero attached hydrogens (tertiary/aromatic N) is 2. The first-order valence-corrected chi connectivity index (χ1v) is 7.29. The molecule has 0 N–H and O–H groups in total. The Hall–Kier alpha value is -1.06. The molecule has 0 spiro atoms. The van der Waals surface area contributed by atoms with Crippen molar-refractivity contribution in [3.05, 3.63) is 0 Å². The van der Waals surface area contributed by atoms with Crippen molar-refractivity contribution in [2.75, 3.05) is 26.2 Å². The van der Waals surface area contributed by atoms with Crippen LogP contribution in [0.25, 0.3) is 0 Å². The Morgan fingerprint density at radius 3 is 2.33 bits per heavy atom. The first-order chi connectivity index (χ1) is 8.72. The van der Waals surface area contributed by atoms with E-state index >= 15 is 0 Å². The van der Waals surface area contributed by atoms with Crippen LogP contribution in [0.15, 0.2) is 0 Å². The summed E-state index contributed by atoms with van der Waals surface area (Å²) >= 11 is 0. The van der Waals surface area contributed by atoms with E-state index < -0.39 is 0 Å². The first-order valence-electron chi connectivity index (χ1n) is 7.29. The van der Waals surface area contributed by atoms with Crippen LogP contribution in [0.1, 0.15) is 45.4 Å². The zero-order valence-electron chi connectivity index (χ0n) is 11.4. The molecule has 2 aliphatic rings. The lowest BCUT2D eigenvalue weighted by Gasteiger charge is -2.36. The Labute approximate surface area is 109 Å². The minimum Gasteiger partial charge on any atom is -0.342 e. The number of likely N-dealkylation sites (tertiary alicyclic amines) is 2. The second-order valence-corrected chi connectivity index (χ2v) is 5.42. The van der Waals surface area contributed by atoms with Crippen LogP contribution >= 0.6 is 0 Å². The standard InChI is InChI=1S/C14H24N2O2/c1-2-13(17)16-10-6-7-12(11-16)14(18)15-8-4-3-5-9-15/h12H,2-11H2,1H3/t12-/m0/s1. The molecular formula is C14H24N2O2. The molecule has 4 nitrogen and oxygen atoms in total. The van der Waals surface area contributed by atoms with Crippen molar-refractivity contribution in [3.8, 4) is 0 Å². The van der Waals surface area contributed by atoms with Gasteiger partial charge in [-0.05, 0) is 32.1 Å². The molecule has 0 aliphatic carbocycles. The van der Waals surface area contributed by atoms with Crippen LogP contribution < -0.4 is 0 Å². The van der Waals surface area contributed by atoms with Gasteiger partial charge in [0.25, 0.3) is 0 Å². The summed E-state index contributed by atoms with van der Waals surface area (Å²) in [4.78, 5) is 28.0. The van der Waals surface area contributed by atoms with Gasteiger partial charge in [-0.25, -0.2) is 0 Å². The predicted octanol–water partition coefficient (Wildman–Crippen LogP) is 1.65. The molecule has 2 saturated heterocycles. The average molecular weight is 252 g/mol. The summed E-state index contributed by atoms with van der Waals surface area (Å²) in [7, 11) is 0. The number of hydrogen-bond acceptors (Lipinski definition) is 2. The van der Waals surface area contributed by atoms with E-state index in [0.717, 1.165) is 45.3 Å². The molecule has 0 aromatic rings. The summed E-state index contributed by atoms with van der Waals surface area (Å²) in [6.45, 7) is 5.19. The Bertz CT molecular complexity index is 311. The van der Waals surface area contributed by atoms with E-state index in [2.05, 4.69) is 0 Å². The summed E-state index contributed by atoms with van der Waals surface area (Å²) < 4.78 is 0. The molecule has 102 valence electrons. The fourth-order valence-corrected chi connectivity index (χ4v) is 3.00. The second-order valence-electron chi connectivity index (χ2n) is 5.42. The van der Waals surface area contributed by atoms with Crippen LogP contribution in [0.2, 0.25) is 0 Å². The van der Waals surface area contributed by atoms with Crippen molar-refractivity contribution in [3.63, 3.8) is 0 Å². The summed E-state index contributed by atoms with van der Waals surface area (Å²) in [5.41, 5.74) is 0. The summed E-state index contributed by atoms with van der Waals surface area (Å²) in [6, 6.07) is 0. The van der Waals surface area contributed by atoms with Gasteiger partial charge >= 0.3 is 0 Å². The number of carbonyl (C=O) groups is 2. The maximum absolute atomic E-state index is 12.4. The highest BCUT2D eigenvalue weighted by atomic mass is 16.2. The van der Waals surface area contributed by atoms with E-state index in [-0.39, 0.29) is 17.7 Å². The molecule has 18 heavy (non-hydrogen) atoms. The van der Waals surface area contributed by atoms with Gasteiger partial charge < -0.3 is 9.80 Å². The topological polar surface area (TPSA) is 40.6 Å². The zero-order chi connectivity index (χ0) is 13.0. The van der Waals surface area contributed by atoms with E-state index in [1.807, 2.05) is 16.7 Å². The van der Waals surface area contributed by atoms with E-state index in [1.165, 1.54) is 6.42 Å². The summed E-state index contributed by atoms with van der Waals surface area (Å²) in [5, 5.41) is 0. The fourth-order valence-electron chi connectivity index (χ4n) is 3.00. The van der Waals surface area contributed by atoms with Gasteiger partial charge in [0.1, 0.15) is 0 Å². The number of piperidine rings is 2. The lowest BCUT2D eigenvalue weighted by atomic mass is 9.95. The third-order valence-electron chi connectivity index (χ3n) is 4.09. The number of hydrogen-bond donors (Lipinski definition) is 0. The van der Waals surface area contributed by atoms with E-state index in [9.17, 15) is 9.59 Å². The Balaban J connectivity index is 1.91. The monoisotopic (exact) mass is 252 g/mol. The molecule has 1 atom stereocenters. The second kappa shape index (κ2) is 6.21. The zero-order valence-corrected chi connectivity index (χ0v) is 11.4. The van der Waals surface area contributed by atoms with Gasteiger partial charge in [-0.15, -0.1) is 0 Å². The molecule has 2 heterocycles. The number of amides is 2. The normalized spacial score (nSPS) is 25.1. The molecule has 0 aromatic heterocycles. The van der Waals surface area contributed by atoms with Gasteiger partial charge in [0.2, 0.25) is 11.8 Å². The van der Waals surface area contributed by atoms with E-state index in [4.69, 9.17) is 0 Å². The van der Waals surface area contributed by atoms with E-state index in [1.54, 1.807) is 0 Å². The predicted molar refractivity (Wildman–Crippen MR) is 70.0 cm³/mol. The van der Waals surface area contributed by atoms with Crippen molar-refractivity contribution in [1.29, 1.82) is 0 Å². The lowest BCUT2D eigenvalue weighted by Crippen LogP contribution is -2.47. The lowest BCUT2D eigenvalue weighted by molar-refractivity contribution is -0.141. The van der Waals surface area contributed by atoms with Gasteiger partial charge in [-0.3, -0.25) is 9.59 Å².